The molecule has 0 unspecified atom stereocenters. The molecule has 0 radical (unpaired) electrons. The van der Waals surface area contributed by atoms with Gasteiger partial charge in [0.25, 0.3) is 5.91 Å². The van der Waals surface area contributed by atoms with Gasteiger partial charge in [0, 0.05) is 31.6 Å². The quantitative estimate of drug-likeness (QED) is 0.578. The number of carbonyl (C=O) groups is 2. The highest BCUT2D eigenvalue weighted by Gasteiger charge is 2.33. The summed E-state index contributed by atoms with van der Waals surface area (Å²) < 4.78 is 5.75. The van der Waals surface area contributed by atoms with E-state index in [0.717, 1.165) is 25.8 Å². The highest BCUT2D eigenvalue weighted by molar-refractivity contribution is 8.26. The first-order valence-corrected chi connectivity index (χ1v) is 9.91. The second-order valence-electron chi connectivity index (χ2n) is 6.24. The fourth-order valence-electron chi connectivity index (χ4n) is 3.30. The maximum Gasteiger partial charge on any atom is 0.266 e. The van der Waals surface area contributed by atoms with Crippen molar-refractivity contribution in [3.05, 3.63) is 29.1 Å². The first-order valence-electron chi connectivity index (χ1n) is 8.68. The number of hydrogen-bond acceptors (Lipinski definition) is 5. The zero-order chi connectivity index (χ0) is 17.8. The van der Waals surface area contributed by atoms with Crippen molar-refractivity contribution in [2.24, 2.45) is 0 Å². The molecule has 7 heteroatoms. The maximum atomic E-state index is 12.6. The lowest BCUT2D eigenvalue weighted by molar-refractivity contribution is -0.135. The third-order valence-electron chi connectivity index (χ3n) is 4.66. The molecule has 0 spiro atoms. The largest absolute Gasteiger partial charge is 0.465 e. The van der Waals surface area contributed by atoms with E-state index in [2.05, 4.69) is 6.92 Å². The number of nitrogens with zero attached hydrogens (tertiary/aromatic N) is 2. The van der Waals surface area contributed by atoms with Crippen molar-refractivity contribution in [1.29, 1.82) is 0 Å². The molecule has 2 saturated heterocycles. The molecule has 0 aliphatic carbocycles. The van der Waals surface area contributed by atoms with Crippen LogP contribution in [0.4, 0.5) is 0 Å². The van der Waals surface area contributed by atoms with Crippen molar-refractivity contribution in [3.8, 4) is 0 Å². The van der Waals surface area contributed by atoms with Gasteiger partial charge in [-0.15, -0.1) is 0 Å². The minimum absolute atomic E-state index is 0.121. The average molecular weight is 379 g/mol. The SMILES string of the molecule is CC[C@H]1CCCCN1C(=O)CCN1C(=O)C(=Cc2ccco2)SC1=S. The first-order chi connectivity index (χ1) is 12.1. The average Bonchev–Trinajstić information content (AvgIpc) is 3.22. The Morgan fingerprint density at radius 2 is 2.32 bits per heavy atom. The standard InChI is InChI=1S/C18H22N2O3S2/c1-2-13-6-3-4-9-19(13)16(21)8-10-20-17(22)15(25-18(20)24)12-14-7-5-11-23-14/h5,7,11-13H,2-4,6,8-10H2,1H3/t13-/m0/s1. The molecule has 0 aromatic carbocycles. The summed E-state index contributed by atoms with van der Waals surface area (Å²) in [6.07, 6.45) is 7.89. The van der Waals surface area contributed by atoms with Crippen molar-refractivity contribution >= 4 is 46.2 Å². The van der Waals surface area contributed by atoms with Gasteiger partial charge in [-0.2, -0.15) is 0 Å². The van der Waals surface area contributed by atoms with Crippen LogP contribution in [-0.2, 0) is 9.59 Å². The fraction of sp³-hybridized carbons (Fsp3) is 0.500. The summed E-state index contributed by atoms with van der Waals surface area (Å²) in [5.41, 5.74) is 0. The zero-order valence-electron chi connectivity index (χ0n) is 14.3. The molecule has 25 heavy (non-hydrogen) atoms. The second-order valence-corrected chi connectivity index (χ2v) is 7.92. The van der Waals surface area contributed by atoms with Crippen LogP contribution in [0.1, 0.15) is 44.8 Å². The highest BCUT2D eigenvalue weighted by Crippen LogP contribution is 2.32. The summed E-state index contributed by atoms with van der Waals surface area (Å²) in [6.45, 7) is 3.29. The topological polar surface area (TPSA) is 53.8 Å². The van der Waals surface area contributed by atoms with Gasteiger partial charge in [-0.05, 0) is 37.8 Å². The Labute approximate surface area is 157 Å². The predicted octanol–water partition coefficient (Wildman–Crippen LogP) is 3.66. The van der Waals surface area contributed by atoms with Gasteiger partial charge < -0.3 is 9.32 Å². The molecule has 3 heterocycles. The van der Waals surface area contributed by atoms with E-state index >= 15 is 0 Å². The van der Waals surface area contributed by atoms with Gasteiger partial charge in [-0.25, -0.2) is 0 Å². The molecule has 2 aliphatic rings. The van der Waals surface area contributed by atoms with Crippen LogP contribution < -0.4 is 0 Å². The molecule has 5 nitrogen and oxygen atoms in total. The number of furan rings is 1. The van der Waals surface area contributed by atoms with E-state index in [-0.39, 0.29) is 11.8 Å². The number of amides is 2. The van der Waals surface area contributed by atoms with Crippen LogP contribution in [0.25, 0.3) is 6.08 Å². The molecule has 134 valence electrons. The number of thiocarbonyl (C=S) groups is 1. The Kier molecular flexibility index (Phi) is 5.96. The van der Waals surface area contributed by atoms with Gasteiger partial charge in [0.05, 0.1) is 11.2 Å². The molecule has 2 aliphatic heterocycles. The third-order valence-corrected chi connectivity index (χ3v) is 6.04. The van der Waals surface area contributed by atoms with Gasteiger partial charge in [0.15, 0.2) is 0 Å². The lowest BCUT2D eigenvalue weighted by Crippen LogP contribution is -2.44. The molecular formula is C18H22N2O3S2. The molecule has 2 fully saturated rings. The Bertz CT molecular complexity index is 685. The zero-order valence-corrected chi connectivity index (χ0v) is 15.9. The van der Waals surface area contributed by atoms with Crippen molar-refractivity contribution < 1.29 is 14.0 Å². The van der Waals surface area contributed by atoms with Crippen LogP contribution in [-0.4, -0.2) is 45.1 Å². The van der Waals surface area contributed by atoms with Gasteiger partial charge >= 0.3 is 0 Å². The summed E-state index contributed by atoms with van der Waals surface area (Å²) in [4.78, 5) is 29.2. The van der Waals surface area contributed by atoms with E-state index in [9.17, 15) is 9.59 Å². The number of thioether (sulfide) groups is 1. The number of hydrogen-bond donors (Lipinski definition) is 0. The van der Waals surface area contributed by atoms with E-state index in [4.69, 9.17) is 16.6 Å². The minimum atomic E-state index is -0.148. The van der Waals surface area contributed by atoms with Gasteiger partial charge in [-0.3, -0.25) is 14.5 Å². The maximum absolute atomic E-state index is 12.6. The number of piperidine rings is 1. The predicted molar refractivity (Wildman–Crippen MR) is 103 cm³/mol. The molecule has 0 N–H and O–H groups in total. The Morgan fingerprint density at radius 3 is 3.04 bits per heavy atom. The summed E-state index contributed by atoms with van der Waals surface area (Å²) in [5, 5.41) is 0. The number of likely N-dealkylation sites (tertiary alicyclic amines) is 1. The summed E-state index contributed by atoms with van der Waals surface area (Å²) in [5.74, 6) is 0.594. The van der Waals surface area contributed by atoms with Crippen LogP contribution in [0, 0.1) is 0 Å². The Hall–Kier alpha value is -1.60. The van der Waals surface area contributed by atoms with E-state index in [0.29, 0.717) is 34.0 Å². The third kappa shape index (κ3) is 4.15. The van der Waals surface area contributed by atoms with Crippen molar-refractivity contribution in [1.82, 2.24) is 9.80 Å². The van der Waals surface area contributed by atoms with Crippen molar-refractivity contribution in [3.63, 3.8) is 0 Å². The molecule has 1 aromatic rings. The normalized spacial score (nSPS) is 22.9. The first kappa shape index (κ1) is 18.2. The monoisotopic (exact) mass is 378 g/mol. The van der Waals surface area contributed by atoms with Crippen LogP contribution >= 0.6 is 24.0 Å². The summed E-state index contributed by atoms with van der Waals surface area (Å²) in [7, 11) is 0. The van der Waals surface area contributed by atoms with E-state index in [1.54, 1.807) is 24.5 Å². The van der Waals surface area contributed by atoms with Crippen LogP contribution in [0.5, 0.6) is 0 Å². The van der Waals surface area contributed by atoms with Crippen molar-refractivity contribution in [2.75, 3.05) is 13.1 Å². The van der Waals surface area contributed by atoms with Crippen LogP contribution in [0.2, 0.25) is 0 Å². The molecule has 1 atom stereocenters. The molecule has 1 aromatic heterocycles. The van der Waals surface area contributed by atoms with Crippen LogP contribution in [0.3, 0.4) is 0 Å². The minimum Gasteiger partial charge on any atom is -0.465 e. The smallest absolute Gasteiger partial charge is 0.266 e. The van der Waals surface area contributed by atoms with E-state index < -0.39 is 0 Å². The van der Waals surface area contributed by atoms with E-state index in [1.165, 1.54) is 23.1 Å². The van der Waals surface area contributed by atoms with Gasteiger partial charge in [-0.1, -0.05) is 30.9 Å². The molecule has 0 saturated carbocycles. The second kappa shape index (κ2) is 8.19. The Morgan fingerprint density at radius 1 is 1.48 bits per heavy atom. The van der Waals surface area contributed by atoms with Crippen LogP contribution in [0.15, 0.2) is 27.7 Å². The molecule has 3 rings (SSSR count). The summed E-state index contributed by atoms with van der Waals surface area (Å²) in [6, 6.07) is 3.90. The molecular weight excluding hydrogens is 356 g/mol. The number of rotatable bonds is 5. The summed E-state index contributed by atoms with van der Waals surface area (Å²) >= 11 is 6.57. The Balaban J connectivity index is 1.60. The molecule has 0 bridgehead atoms. The lowest BCUT2D eigenvalue weighted by atomic mass is 9.99. The number of carbonyl (C=O) groups excluding carboxylic acids is 2. The van der Waals surface area contributed by atoms with Gasteiger partial charge in [0.2, 0.25) is 5.91 Å². The van der Waals surface area contributed by atoms with E-state index in [1.807, 2.05) is 4.90 Å². The highest BCUT2D eigenvalue weighted by atomic mass is 32.2. The fourth-order valence-corrected chi connectivity index (χ4v) is 4.59. The van der Waals surface area contributed by atoms with Gasteiger partial charge in [0.1, 0.15) is 10.1 Å². The van der Waals surface area contributed by atoms with Crippen molar-refractivity contribution in [2.45, 2.75) is 45.1 Å². The lowest BCUT2D eigenvalue weighted by Gasteiger charge is -2.35. The molecule has 2 amide bonds.